The molecule has 0 spiro atoms. The van der Waals surface area contributed by atoms with Gasteiger partial charge in [0.1, 0.15) is 18.0 Å². The van der Waals surface area contributed by atoms with Crippen LogP contribution >= 0.6 is 0 Å². The molecule has 0 atom stereocenters. The highest BCUT2D eigenvalue weighted by Gasteiger charge is 2.27. The Kier molecular flexibility index (Phi) is 11.2. The molecular formula is C32H38N4O6S. The van der Waals surface area contributed by atoms with E-state index in [1.807, 2.05) is 13.8 Å². The molecule has 0 aromatic heterocycles. The number of carbonyl (C=O) groups excluding carboxylic acids is 2. The van der Waals surface area contributed by atoms with Crippen molar-refractivity contribution in [2.24, 2.45) is 5.10 Å². The summed E-state index contributed by atoms with van der Waals surface area (Å²) in [5.74, 6) is 0.369. The molecule has 0 heterocycles. The van der Waals surface area contributed by atoms with Crippen LogP contribution in [-0.2, 0) is 19.6 Å². The molecule has 3 aromatic rings. The smallest absolute Gasteiger partial charge is 0.264 e. The van der Waals surface area contributed by atoms with Crippen LogP contribution in [0.2, 0.25) is 0 Å². The predicted octanol–water partition coefficient (Wildman–Crippen LogP) is 4.57. The normalized spacial score (nSPS) is 13.8. The van der Waals surface area contributed by atoms with Crippen molar-refractivity contribution in [1.29, 1.82) is 0 Å². The van der Waals surface area contributed by atoms with Gasteiger partial charge in [0.2, 0.25) is 0 Å². The van der Waals surface area contributed by atoms with Gasteiger partial charge < -0.3 is 14.8 Å². The number of nitrogens with zero attached hydrogens (tertiary/aromatic N) is 2. The summed E-state index contributed by atoms with van der Waals surface area (Å²) in [5.41, 5.74) is 4.31. The Morgan fingerprint density at radius 3 is 2.16 bits per heavy atom. The summed E-state index contributed by atoms with van der Waals surface area (Å²) in [6.07, 6.45) is 6.97. The Morgan fingerprint density at radius 1 is 0.884 bits per heavy atom. The highest BCUT2D eigenvalue weighted by atomic mass is 32.2. The number of hydrogen-bond acceptors (Lipinski definition) is 7. The van der Waals surface area contributed by atoms with Gasteiger partial charge in [-0.15, -0.1) is 0 Å². The first kappa shape index (κ1) is 31.6. The lowest BCUT2D eigenvalue weighted by Crippen LogP contribution is -2.39. The lowest BCUT2D eigenvalue weighted by atomic mass is 9.95. The SMILES string of the molecule is CCOc1ccc(N(CC(=O)N/N=C\c2ccc(OCC(=O)NC3CCCCC3)cc2)S(=O)(=O)c2ccc(C)cc2)cc1. The average Bonchev–Trinajstić information content (AvgIpc) is 3.01. The molecule has 43 heavy (non-hydrogen) atoms. The molecule has 1 saturated carbocycles. The van der Waals surface area contributed by atoms with E-state index in [1.165, 1.54) is 24.8 Å². The molecule has 4 rings (SSSR count). The van der Waals surface area contributed by atoms with Crippen LogP contribution in [0, 0.1) is 6.92 Å². The summed E-state index contributed by atoms with van der Waals surface area (Å²) in [6.45, 7) is 3.64. The highest BCUT2D eigenvalue weighted by molar-refractivity contribution is 7.92. The molecule has 0 bridgehead atoms. The number of sulfonamides is 1. The van der Waals surface area contributed by atoms with Crippen molar-refractivity contribution in [3.05, 3.63) is 83.9 Å². The van der Waals surface area contributed by atoms with Crippen LogP contribution in [0.1, 0.15) is 50.2 Å². The third kappa shape index (κ3) is 9.31. The fourth-order valence-electron chi connectivity index (χ4n) is 4.69. The summed E-state index contributed by atoms with van der Waals surface area (Å²) in [7, 11) is -4.06. The third-order valence-corrected chi connectivity index (χ3v) is 8.74. The van der Waals surface area contributed by atoms with Crippen molar-refractivity contribution in [2.45, 2.75) is 56.9 Å². The van der Waals surface area contributed by atoms with Crippen molar-refractivity contribution >= 4 is 33.7 Å². The molecule has 1 aliphatic carbocycles. The van der Waals surface area contributed by atoms with E-state index >= 15 is 0 Å². The van der Waals surface area contributed by atoms with Crippen molar-refractivity contribution in [2.75, 3.05) is 24.1 Å². The van der Waals surface area contributed by atoms with Gasteiger partial charge in [0.05, 0.1) is 23.4 Å². The van der Waals surface area contributed by atoms with Gasteiger partial charge in [0.25, 0.3) is 21.8 Å². The van der Waals surface area contributed by atoms with Crippen LogP contribution in [0.25, 0.3) is 0 Å². The second kappa shape index (κ2) is 15.2. The van der Waals surface area contributed by atoms with Gasteiger partial charge in [0.15, 0.2) is 6.61 Å². The van der Waals surface area contributed by atoms with Gasteiger partial charge in [-0.25, -0.2) is 13.8 Å². The first-order valence-electron chi connectivity index (χ1n) is 14.4. The maximum absolute atomic E-state index is 13.6. The lowest BCUT2D eigenvalue weighted by molar-refractivity contribution is -0.124. The lowest BCUT2D eigenvalue weighted by Gasteiger charge is -2.24. The summed E-state index contributed by atoms with van der Waals surface area (Å²) >= 11 is 0. The van der Waals surface area contributed by atoms with Gasteiger partial charge in [0, 0.05) is 6.04 Å². The summed E-state index contributed by atoms with van der Waals surface area (Å²) in [4.78, 5) is 25.1. The number of ether oxygens (including phenoxy) is 2. The number of rotatable bonds is 13. The standard InChI is InChI=1S/C32H38N4O6S/c1-3-41-28-17-13-27(14-18-28)36(43(39,40)30-19-9-24(2)10-20-30)22-31(37)35-33-21-25-11-15-29(16-12-25)42-23-32(38)34-26-7-5-4-6-8-26/h9-21,26H,3-8,22-23H2,1-2H3,(H,34,38)(H,35,37)/b33-21-. The Balaban J connectivity index is 1.35. The van der Waals surface area contributed by atoms with Gasteiger partial charge in [-0.1, -0.05) is 37.0 Å². The monoisotopic (exact) mass is 606 g/mol. The second-order valence-corrected chi connectivity index (χ2v) is 12.2. The zero-order chi connectivity index (χ0) is 30.7. The quantitative estimate of drug-likeness (QED) is 0.217. The highest BCUT2D eigenvalue weighted by Crippen LogP contribution is 2.26. The summed E-state index contributed by atoms with van der Waals surface area (Å²) < 4.78 is 39.2. The van der Waals surface area contributed by atoms with Crippen LogP contribution in [0.4, 0.5) is 5.69 Å². The van der Waals surface area contributed by atoms with E-state index in [4.69, 9.17) is 9.47 Å². The summed E-state index contributed by atoms with van der Waals surface area (Å²) in [6, 6.07) is 20.0. The molecule has 1 fully saturated rings. The number of hydrazone groups is 1. The van der Waals surface area contributed by atoms with Crippen LogP contribution in [-0.4, -0.2) is 52.2 Å². The minimum Gasteiger partial charge on any atom is -0.494 e. The number of amides is 2. The van der Waals surface area contributed by atoms with Crippen LogP contribution in [0.15, 0.2) is 82.8 Å². The minimum absolute atomic E-state index is 0.0592. The first-order valence-corrected chi connectivity index (χ1v) is 15.8. The Bertz CT molecular complexity index is 1480. The van der Waals surface area contributed by atoms with E-state index in [-0.39, 0.29) is 23.5 Å². The molecule has 2 amide bonds. The number of carbonyl (C=O) groups is 2. The van der Waals surface area contributed by atoms with E-state index in [9.17, 15) is 18.0 Å². The Labute approximate surface area is 253 Å². The maximum atomic E-state index is 13.6. The van der Waals surface area contributed by atoms with Crippen LogP contribution in [0.5, 0.6) is 11.5 Å². The van der Waals surface area contributed by atoms with Gasteiger partial charge in [-0.2, -0.15) is 5.10 Å². The Hall–Kier alpha value is -4.38. The fourth-order valence-corrected chi connectivity index (χ4v) is 6.11. The molecule has 2 N–H and O–H groups in total. The van der Waals surface area contributed by atoms with Gasteiger partial charge >= 0.3 is 0 Å². The second-order valence-electron chi connectivity index (χ2n) is 10.3. The Morgan fingerprint density at radius 2 is 1.51 bits per heavy atom. The number of aryl methyl sites for hydroxylation is 1. The molecule has 0 unspecified atom stereocenters. The number of anilines is 1. The molecule has 11 heteroatoms. The van der Waals surface area contributed by atoms with E-state index in [2.05, 4.69) is 15.8 Å². The molecule has 1 aliphatic rings. The topological polar surface area (TPSA) is 126 Å². The zero-order valence-corrected chi connectivity index (χ0v) is 25.3. The molecular weight excluding hydrogens is 568 g/mol. The third-order valence-electron chi connectivity index (χ3n) is 6.96. The molecule has 228 valence electrons. The number of hydrogen-bond donors (Lipinski definition) is 2. The van der Waals surface area contributed by atoms with E-state index in [1.54, 1.807) is 60.7 Å². The van der Waals surface area contributed by atoms with Gasteiger partial charge in [-0.05, 0) is 92.9 Å². The van der Waals surface area contributed by atoms with Crippen molar-refractivity contribution < 1.29 is 27.5 Å². The largest absolute Gasteiger partial charge is 0.494 e. The number of nitrogens with one attached hydrogen (secondary N) is 2. The van der Waals surface area contributed by atoms with Crippen molar-refractivity contribution in [1.82, 2.24) is 10.7 Å². The maximum Gasteiger partial charge on any atom is 0.264 e. The van der Waals surface area contributed by atoms with E-state index in [0.29, 0.717) is 29.4 Å². The molecule has 0 saturated heterocycles. The minimum atomic E-state index is -4.06. The summed E-state index contributed by atoms with van der Waals surface area (Å²) in [5, 5.41) is 7.01. The average molecular weight is 607 g/mol. The van der Waals surface area contributed by atoms with E-state index in [0.717, 1.165) is 35.6 Å². The molecule has 0 aliphatic heterocycles. The first-order chi connectivity index (χ1) is 20.7. The molecule has 3 aromatic carbocycles. The van der Waals surface area contributed by atoms with E-state index < -0.39 is 22.5 Å². The van der Waals surface area contributed by atoms with Gasteiger partial charge in [-0.3, -0.25) is 13.9 Å². The fraction of sp³-hybridized carbons (Fsp3) is 0.344. The molecule has 10 nitrogen and oxygen atoms in total. The predicted molar refractivity (Wildman–Crippen MR) is 166 cm³/mol. The zero-order valence-electron chi connectivity index (χ0n) is 24.5. The van der Waals surface area contributed by atoms with Crippen molar-refractivity contribution in [3.8, 4) is 11.5 Å². The molecule has 0 radical (unpaired) electrons. The van der Waals surface area contributed by atoms with Crippen LogP contribution in [0.3, 0.4) is 0 Å². The van der Waals surface area contributed by atoms with Crippen LogP contribution < -0.4 is 24.5 Å². The number of benzene rings is 3. The van der Waals surface area contributed by atoms with Crippen molar-refractivity contribution in [3.63, 3.8) is 0 Å².